The van der Waals surface area contributed by atoms with E-state index < -0.39 is 40.8 Å². The van der Waals surface area contributed by atoms with Crippen molar-refractivity contribution in [1.29, 1.82) is 0 Å². The van der Waals surface area contributed by atoms with Gasteiger partial charge in [0.25, 0.3) is 11.8 Å². The molecule has 64 heavy (non-hydrogen) atoms. The highest BCUT2D eigenvalue weighted by Gasteiger charge is 2.55. The molecule has 11 nitrogen and oxygen atoms in total. The zero-order chi connectivity index (χ0) is 43.9. The van der Waals surface area contributed by atoms with Crippen molar-refractivity contribution in [3.05, 3.63) is 201 Å². The predicted octanol–water partition coefficient (Wildman–Crippen LogP) is 8.75. The largest absolute Gasteiger partial charge is 0.448 e. The number of thiazole rings is 1. The molecule has 0 aliphatic carbocycles. The van der Waals surface area contributed by atoms with Gasteiger partial charge < -0.3 is 24.9 Å². The van der Waals surface area contributed by atoms with Crippen LogP contribution in [-0.4, -0.2) is 76.1 Å². The first-order valence-electron chi connectivity index (χ1n) is 21.0. The number of aromatic nitrogens is 1. The van der Waals surface area contributed by atoms with Crippen LogP contribution < -0.4 is 10.6 Å². The number of nitrogens with zero attached hydrogens (tertiary/aromatic N) is 3. The highest BCUT2D eigenvalue weighted by Crippen LogP contribution is 2.45. The molecule has 3 aliphatic heterocycles. The minimum Gasteiger partial charge on any atom is -0.448 e. The van der Waals surface area contributed by atoms with Crippen molar-refractivity contribution in [1.82, 2.24) is 15.2 Å². The number of amides is 2. The number of oxime groups is 1. The van der Waals surface area contributed by atoms with E-state index in [0.717, 1.165) is 45.6 Å². The first-order valence-corrected chi connectivity index (χ1v) is 23.9. The maximum absolute atomic E-state index is 14.5. The Kier molecular flexibility index (Phi) is 13.3. The maximum Gasteiger partial charge on any atom is 0.356 e. The van der Waals surface area contributed by atoms with Crippen molar-refractivity contribution >= 4 is 63.5 Å². The summed E-state index contributed by atoms with van der Waals surface area (Å²) >= 11 is 4.33. The standard InChI is InChI=1S/C50H45N5O6S3/c1-59-54-41(39-31-64-49(51-39)53-50(35-22-11-4-12-23-35,36-24-13-5-14-25-36)37-26-15-6-16-27-37)45(56)52-42-46(57)55-43(40(32-63-47(42)55)62-30-38-28-17-29-60-38)48(58)61-44(33-18-7-2-8-19-33)34-20-9-3-10-21-34/h2-16,18-27,31,38,42,44,47H,17,28-30,32H2,1H3,(H,51,53)(H,52,56)/b54-41-/t38?,42?,47-/m0/s1. The second kappa shape index (κ2) is 19.7. The smallest absolute Gasteiger partial charge is 0.356 e. The molecule has 5 aromatic carbocycles. The SMILES string of the molecule is CO/N=C(\C(=O)NC1C(=O)N2C(C(=O)OC(c3ccccc3)c3ccccc3)=C(SCC3CCCO3)CS[C@@H]12)c1csc(NC(c2ccccc2)(c2ccccc2)c2ccccc2)n1. The normalized spacial score (nSPS) is 18.6. The summed E-state index contributed by atoms with van der Waals surface area (Å²) in [5, 5.41) is 12.5. The van der Waals surface area contributed by atoms with Crippen LogP contribution in [0.4, 0.5) is 5.13 Å². The third-order valence-electron chi connectivity index (χ3n) is 11.4. The molecule has 2 fully saturated rings. The molecule has 4 heterocycles. The lowest BCUT2D eigenvalue weighted by atomic mass is 9.77. The molecule has 324 valence electrons. The second-order valence-electron chi connectivity index (χ2n) is 15.3. The third kappa shape index (κ3) is 8.83. The van der Waals surface area contributed by atoms with E-state index in [2.05, 4.69) is 52.2 Å². The van der Waals surface area contributed by atoms with Crippen LogP contribution in [0.25, 0.3) is 0 Å². The number of hydrogen-bond acceptors (Lipinski definition) is 12. The molecule has 14 heteroatoms. The van der Waals surface area contributed by atoms with Crippen molar-refractivity contribution in [3.8, 4) is 0 Å². The number of carbonyl (C=O) groups excluding carboxylic acids is 3. The molecule has 0 bridgehead atoms. The quantitative estimate of drug-likeness (QED) is 0.0320. The number of hydrogen-bond donors (Lipinski definition) is 2. The maximum atomic E-state index is 14.5. The summed E-state index contributed by atoms with van der Waals surface area (Å²) in [5.74, 6) is -0.601. The molecule has 0 spiro atoms. The van der Waals surface area contributed by atoms with E-state index in [4.69, 9.17) is 19.3 Å². The fraction of sp³-hybridized carbons (Fsp3) is 0.220. The number of fused-ring (bicyclic) bond motifs is 1. The molecule has 3 atom stereocenters. The number of esters is 1. The molecule has 3 aliphatic rings. The molecule has 6 aromatic rings. The molecule has 1 aromatic heterocycles. The van der Waals surface area contributed by atoms with Gasteiger partial charge in [-0.1, -0.05) is 157 Å². The van der Waals surface area contributed by atoms with E-state index in [1.807, 2.05) is 115 Å². The molecule has 2 N–H and O–H groups in total. The highest BCUT2D eigenvalue weighted by molar-refractivity contribution is 8.06. The number of ether oxygens (including phenoxy) is 2. The van der Waals surface area contributed by atoms with E-state index in [0.29, 0.717) is 23.2 Å². The molecule has 2 unspecified atom stereocenters. The second-order valence-corrected chi connectivity index (χ2v) is 18.4. The van der Waals surface area contributed by atoms with Gasteiger partial charge in [-0.15, -0.1) is 34.9 Å². The molecular formula is C50H45N5O6S3. The minimum atomic E-state index is -0.954. The molecule has 0 saturated carbocycles. The van der Waals surface area contributed by atoms with Gasteiger partial charge in [0.15, 0.2) is 16.9 Å². The number of β-lactam (4-membered cyclic amide) rings is 1. The number of thioether (sulfide) groups is 2. The Hall–Kier alpha value is -6.19. The lowest BCUT2D eigenvalue weighted by molar-refractivity contribution is -0.154. The Balaban J connectivity index is 0.973. The van der Waals surface area contributed by atoms with Gasteiger partial charge in [0.05, 0.1) is 6.10 Å². The third-order valence-corrected chi connectivity index (χ3v) is 14.8. The van der Waals surface area contributed by atoms with Crippen molar-refractivity contribution in [2.45, 2.75) is 42.0 Å². The molecule has 2 amide bonds. The number of benzene rings is 5. The van der Waals surface area contributed by atoms with Gasteiger partial charge in [-0.2, -0.15) is 0 Å². The molecular weight excluding hydrogens is 863 g/mol. The summed E-state index contributed by atoms with van der Waals surface area (Å²) in [6.07, 6.45) is 1.27. The van der Waals surface area contributed by atoms with Crippen LogP contribution in [0.5, 0.6) is 0 Å². The highest BCUT2D eigenvalue weighted by atomic mass is 32.2. The van der Waals surface area contributed by atoms with Crippen LogP contribution in [-0.2, 0) is 34.2 Å². The van der Waals surface area contributed by atoms with Crippen LogP contribution in [0.15, 0.2) is 173 Å². The topological polar surface area (TPSA) is 131 Å². The Morgan fingerprint density at radius 2 is 1.42 bits per heavy atom. The van der Waals surface area contributed by atoms with Gasteiger partial charge in [-0.3, -0.25) is 14.5 Å². The number of nitrogens with one attached hydrogen (secondary N) is 2. The zero-order valence-corrected chi connectivity index (χ0v) is 37.3. The van der Waals surface area contributed by atoms with Gasteiger partial charge in [0, 0.05) is 28.4 Å². The van der Waals surface area contributed by atoms with Gasteiger partial charge >= 0.3 is 5.97 Å². The average molecular weight is 908 g/mol. The van der Waals surface area contributed by atoms with Crippen LogP contribution >= 0.6 is 34.9 Å². The van der Waals surface area contributed by atoms with E-state index >= 15 is 0 Å². The fourth-order valence-electron chi connectivity index (χ4n) is 8.29. The molecule has 2 saturated heterocycles. The summed E-state index contributed by atoms with van der Waals surface area (Å²) in [6, 6.07) is 48.6. The predicted molar refractivity (Wildman–Crippen MR) is 253 cm³/mol. The first-order chi connectivity index (χ1) is 31.4. The van der Waals surface area contributed by atoms with Gasteiger partial charge in [-0.25, -0.2) is 9.78 Å². The minimum absolute atomic E-state index is 0.0596. The summed E-state index contributed by atoms with van der Waals surface area (Å²) in [5.41, 5.74) is 4.09. The lowest BCUT2D eigenvalue weighted by Crippen LogP contribution is -2.71. The molecule has 9 rings (SSSR count). The summed E-state index contributed by atoms with van der Waals surface area (Å²) < 4.78 is 12.3. The Bertz CT molecular complexity index is 2490. The van der Waals surface area contributed by atoms with Gasteiger partial charge in [-0.05, 0) is 40.7 Å². The monoisotopic (exact) mass is 907 g/mol. The van der Waals surface area contributed by atoms with Crippen LogP contribution in [0.3, 0.4) is 0 Å². The van der Waals surface area contributed by atoms with E-state index in [-0.39, 0.29) is 23.2 Å². The fourth-order valence-corrected chi connectivity index (χ4v) is 11.7. The zero-order valence-electron chi connectivity index (χ0n) is 34.9. The van der Waals surface area contributed by atoms with Crippen LogP contribution in [0.1, 0.15) is 52.5 Å². The lowest BCUT2D eigenvalue weighted by Gasteiger charge is -2.49. The van der Waals surface area contributed by atoms with E-state index in [1.165, 1.54) is 46.9 Å². The van der Waals surface area contributed by atoms with Crippen LogP contribution in [0, 0.1) is 0 Å². The van der Waals surface area contributed by atoms with Gasteiger partial charge in [0.2, 0.25) is 0 Å². The van der Waals surface area contributed by atoms with E-state index in [9.17, 15) is 14.4 Å². The van der Waals surface area contributed by atoms with Gasteiger partial charge in [0.1, 0.15) is 35.5 Å². The number of carbonyl (C=O) groups is 3. The Labute approximate surface area is 384 Å². The van der Waals surface area contributed by atoms with Crippen molar-refractivity contribution in [3.63, 3.8) is 0 Å². The number of anilines is 1. The Morgan fingerprint density at radius 1 is 0.859 bits per heavy atom. The number of rotatable bonds is 16. The molecule has 0 radical (unpaired) electrons. The van der Waals surface area contributed by atoms with Crippen LogP contribution in [0.2, 0.25) is 0 Å². The summed E-state index contributed by atoms with van der Waals surface area (Å²) in [6.45, 7) is 0.709. The van der Waals surface area contributed by atoms with Crippen molar-refractivity contribution < 1.29 is 28.7 Å². The van der Waals surface area contributed by atoms with E-state index in [1.54, 1.807) is 5.38 Å². The Morgan fingerprint density at radius 3 is 1.95 bits per heavy atom. The van der Waals surface area contributed by atoms with Crippen molar-refractivity contribution in [2.24, 2.45) is 5.16 Å². The first kappa shape index (κ1) is 43.1. The summed E-state index contributed by atoms with van der Waals surface area (Å²) in [7, 11) is 1.36. The summed E-state index contributed by atoms with van der Waals surface area (Å²) in [4.78, 5) is 55.3. The van der Waals surface area contributed by atoms with Crippen molar-refractivity contribution in [2.75, 3.05) is 30.5 Å². The average Bonchev–Trinajstić information content (AvgIpc) is 4.06.